The summed E-state index contributed by atoms with van der Waals surface area (Å²) >= 11 is 3.44. The van der Waals surface area contributed by atoms with Gasteiger partial charge in [-0.2, -0.15) is 0 Å². The van der Waals surface area contributed by atoms with Crippen molar-refractivity contribution >= 4 is 15.9 Å². The van der Waals surface area contributed by atoms with Gasteiger partial charge < -0.3 is 9.84 Å². The number of aromatic nitrogens is 1. The predicted molar refractivity (Wildman–Crippen MR) is 69.1 cm³/mol. The third-order valence-corrected chi connectivity index (χ3v) is 3.20. The molecule has 2 rings (SSSR count). The van der Waals surface area contributed by atoms with Gasteiger partial charge in [0.1, 0.15) is 11.5 Å². The van der Waals surface area contributed by atoms with Crippen LogP contribution >= 0.6 is 15.9 Å². The standard InChI is InChI=1S/C13H12BrNO2/c1-9-6-11(2-3-13(9)14)17-12-4-5-15-10(7-12)8-16/h2-7,16H,8H2,1H3. The minimum Gasteiger partial charge on any atom is -0.457 e. The first-order chi connectivity index (χ1) is 8.19. The van der Waals surface area contributed by atoms with Crippen LogP contribution in [0, 0.1) is 6.92 Å². The summed E-state index contributed by atoms with van der Waals surface area (Å²) in [6, 6.07) is 9.26. The van der Waals surface area contributed by atoms with Crippen molar-refractivity contribution < 1.29 is 9.84 Å². The average Bonchev–Trinajstić information content (AvgIpc) is 2.34. The van der Waals surface area contributed by atoms with Gasteiger partial charge in [0.05, 0.1) is 12.3 Å². The summed E-state index contributed by atoms with van der Waals surface area (Å²) in [5.41, 5.74) is 1.70. The van der Waals surface area contributed by atoms with Crippen LogP contribution in [0.3, 0.4) is 0 Å². The van der Waals surface area contributed by atoms with E-state index in [1.165, 1.54) is 0 Å². The molecule has 1 aromatic carbocycles. The number of hydrogen-bond acceptors (Lipinski definition) is 3. The molecular formula is C13H12BrNO2. The summed E-state index contributed by atoms with van der Waals surface area (Å²) in [6.45, 7) is 1.92. The van der Waals surface area contributed by atoms with Gasteiger partial charge in [0, 0.05) is 16.7 Å². The molecule has 0 saturated heterocycles. The Morgan fingerprint density at radius 2 is 2.00 bits per heavy atom. The second-order valence-corrected chi connectivity index (χ2v) is 4.51. The lowest BCUT2D eigenvalue weighted by Crippen LogP contribution is -1.91. The zero-order valence-electron chi connectivity index (χ0n) is 9.35. The Hall–Kier alpha value is -1.39. The van der Waals surface area contributed by atoms with Gasteiger partial charge in [0.25, 0.3) is 0 Å². The number of ether oxygens (including phenoxy) is 1. The zero-order chi connectivity index (χ0) is 12.3. The number of pyridine rings is 1. The maximum atomic E-state index is 8.98. The van der Waals surface area contributed by atoms with Gasteiger partial charge in [-0.1, -0.05) is 15.9 Å². The third kappa shape index (κ3) is 3.05. The van der Waals surface area contributed by atoms with E-state index in [0.717, 1.165) is 15.8 Å². The summed E-state index contributed by atoms with van der Waals surface area (Å²) in [7, 11) is 0. The molecule has 1 aromatic heterocycles. The van der Waals surface area contributed by atoms with Crippen molar-refractivity contribution in [1.82, 2.24) is 4.98 Å². The molecule has 1 N–H and O–H groups in total. The van der Waals surface area contributed by atoms with Crippen molar-refractivity contribution in [1.29, 1.82) is 0 Å². The molecule has 17 heavy (non-hydrogen) atoms. The molecule has 0 amide bonds. The first-order valence-corrected chi connectivity index (χ1v) is 5.98. The van der Waals surface area contributed by atoms with E-state index in [0.29, 0.717) is 11.4 Å². The van der Waals surface area contributed by atoms with Crippen LogP contribution in [0.1, 0.15) is 11.3 Å². The lowest BCUT2D eigenvalue weighted by Gasteiger charge is -2.07. The molecule has 0 radical (unpaired) electrons. The second kappa shape index (κ2) is 5.29. The van der Waals surface area contributed by atoms with Crippen LogP contribution in [0.2, 0.25) is 0 Å². The van der Waals surface area contributed by atoms with Crippen LogP contribution in [-0.2, 0) is 6.61 Å². The van der Waals surface area contributed by atoms with Crippen molar-refractivity contribution in [2.45, 2.75) is 13.5 Å². The van der Waals surface area contributed by atoms with Gasteiger partial charge in [-0.25, -0.2) is 0 Å². The summed E-state index contributed by atoms with van der Waals surface area (Å²) in [4.78, 5) is 3.99. The molecule has 0 spiro atoms. The number of nitrogens with zero attached hydrogens (tertiary/aromatic N) is 1. The maximum Gasteiger partial charge on any atom is 0.130 e. The molecule has 0 unspecified atom stereocenters. The Labute approximate surface area is 108 Å². The van der Waals surface area contributed by atoms with Crippen molar-refractivity contribution in [2.24, 2.45) is 0 Å². The highest BCUT2D eigenvalue weighted by Crippen LogP contribution is 2.26. The van der Waals surface area contributed by atoms with E-state index in [1.54, 1.807) is 18.3 Å². The largest absolute Gasteiger partial charge is 0.457 e. The quantitative estimate of drug-likeness (QED) is 0.943. The van der Waals surface area contributed by atoms with Crippen LogP contribution in [-0.4, -0.2) is 10.1 Å². The average molecular weight is 294 g/mol. The highest BCUT2D eigenvalue weighted by Gasteiger charge is 2.01. The number of rotatable bonds is 3. The van der Waals surface area contributed by atoms with Crippen molar-refractivity contribution in [3.63, 3.8) is 0 Å². The van der Waals surface area contributed by atoms with Gasteiger partial charge in [-0.3, -0.25) is 4.98 Å². The molecule has 2 aromatic rings. The predicted octanol–water partition coefficient (Wildman–Crippen LogP) is 3.44. The van der Waals surface area contributed by atoms with Gasteiger partial charge in [0.2, 0.25) is 0 Å². The fourth-order valence-corrected chi connectivity index (χ4v) is 1.67. The number of aliphatic hydroxyl groups is 1. The second-order valence-electron chi connectivity index (χ2n) is 3.65. The van der Waals surface area contributed by atoms with Gasteiger partial charge in [-0.05, 0) is 36.8 Å². The highest BCUT2D eigenvalue weighted by molar-refractivity contribution is 9.10. The minimum atomic E-state index is -0.0867. The van der Waals surface area contributed by atoms with Gasteiger partial charge in [0.15, 0.2) is 0 Å². The van der Waals surface area contributed by atoms with E-state index in [9.17, 15) is 0 Å². The Morgan fingerprint density at radius 3 is 2.71 bits per heavy atom. The molecule has 0 aliphatic rings. The lowest BCUT2D eigenvalue weighted by molar-refractivity contribution is 0.276. The highest BCUT2D eigenvalue weighted by atomic mass is 79.9. The first kappa shape index (κ1) is 12.1. The molecule has 1 heterocycles. The summed E-state index contributed by atoms with van der Waals surface area (Å²) in [5.74, 6) is 1.44. The van der Waals surface area contributed by atoms with Gasteiger partial charge in [-0.15, -0.1) is 0 Å². The van der Waals surface area contributed by atoms with E-state index in [4.69, 9.17) is 9.84 Å². The van der Waals surface area contributed by atoms with Crippen LogP contribution in [0.4, 0.5) is 0 Å². The Kier molecular flexibility index (Phi) is 3.76. The number of aryl methyl sites for hydroxylation is 1. The number of aliphatic hydroxyl groups excluding tert-OH is 1. The molecule has 0 fully saturated rings. The molecule has 0 atom stereocenters. The maximum absolute atomic E-state index is 8.98. The van der Waals surface area contributed by atoms with Gasteiger partial charge >= 0.3 is 0 Å². The van der Waals surface area contributed by atoms with Crippen LogP contribution in [0.15, 0.2) is 41.0 Å². The van der Waals surface area contributed by atoms with Crippen molar-refractivity contribution in [3.8, 4) is 11.5 Å². The van der Waals surface area contributed by atoms with Crippen LogP contribution in [0.5, 0.6) is 11.5 Å². The molecule has 3 nitrogen and oxygen atoms in total. The van der Waals surface area contributed by atoms with Crippen LogP contribution < -0.4 is 4.74 Å². The SMILES string of the molecule is Cc1cc(Oc2ccnc(CO)c2)ccc1Br. The van der Waals surface area contributed by atoms with E-state index in [1.807, 2.05) is 25.1 Å². The zero-order valence-corrected chi connectivity index (χ0v) is 10.9. The monoisotopic (exact) mass is 293 g/mol. The van der Waals surface area contributed by atoms with Crippen LogP contribution in [0.25, 0.3) is 0 Å². The summed E-state index contributed by atoms with van der Waals surface area (Å²) < 4.78 is 6.74. The third-order valence-electron chi connectivity index (χ3n) is 2.32. The van der Waals surface area contributed by atoms with E-state index in [-0.39, 0.29) is 6.61 Å². The summed E-state index contributed by atoms with van der Waals surface area (Å²) in [6.07, 6.45) is 1.62. The molecule has 0 aliphatic heterocycles. The normalized spacial score (nSPS) is 10.3. The van der Waals surface area contributed by atoms with Crippen molar-refractivity contribution in [3.05, 3.63) is 52.3 Å². The molecule has 0 aliphatic carbocycles. The lowest BCUT2D eigenvalue weighted by atomic mass is 10.2. The summed E-state index contributed by atoms with van der Waals surface area (Å²) in [5, 5.41) is 8.98. The molecule has 88 valence electrons. The topological polar surface area (TPSA) is 42.4 Å². The number of hydrogen-bond donors (Lipinski definition) is 1. The Morgan fingerprint density at radius 1 is 1.24 bits per heavy atom. The van der Waals surface area contributed by atoms with E-state index >= 15 is 0 Å². The van der Waals surface area contributed by atoms with Crippen molar-refractivity contribution in [2.75, 3.05) is 0 Å². The Bertz CT molecular complexity index is 529. The Balaban J connectivity index is 2.22. The molecule has 0 bridgehead atoms. The van der Waals surface area contributed by atoms with E-state index < -0.39 is 0 Å². The molecule has 0 saturated carbocycles. The smallest absolute Gasteiger partial charge is 0.130 e. The van der Waals surface area contributed by atoms with E-state index in [2.05, 4.69) is 20.9 Å². The minimum absolute atomic E-state index is 0.0867. The molecule has 4 heteroatoms. The number of benzene rings is 1. The fourth-order valence-electron chi connectivity index (χ4n) is 1.42. The molecular weight excluding hydrogens is 282 g/mol. The fraction of sp³-hybridized carbons (Fsp3) is 0.154. The first-order valence-electron chi connectivity index (χ1n) is 5.19. The number of halogens is 1.